The number of aromatic nitrogens is 1. The standard InChI is InChI=1S/C16H23N3O2/c1-18-8-2-5-16(11-18)6-3-9-19(12-16)15(21)13-4-7-17-10-14(13)20/h4,7,10,20H,2-3,5-6,8-9,11-12H2,1H3/t16-/m0/s1. The highest BCUT2D eigenvalue weighted by Crippen LogP contribution is 2.38. The third kappa shape index (κ3) is 2.88. The van der Waals surface area contributed by atoms with Crippen molar-refractivity contribution in [3.63, 3.8) is 0 Å². The van der Waals surface area contributed by atoms with Crippen LogP contribution in [-0.2, 0) is 0 Å². The lowest BCUT2D eigenvalue weighted by atomic mass is 9.74. The Balaban J connectivity index is 1.77. The number of carbonyl (C=O) groups is 1. The van der Waals surface area contributed by atoms with Gasteiger partial charge in [0.25, 0.3) is 5.91 Å². The van der Waals surface area contributed by atoms with Crippen LogP contribution in [0.3, 0.4) is 0 Å². The van der Waals surface area contributed by atoms with Crippen molar-refractivity contribution in [1.82, 2.24) is 14.8 Å². The van der Waals surface area contributed by atoms with Gasteiger partial charge in [-0.2, -0.15) is 0 Å². The van der Waals surface area contributed by atoms with E-state index in [2.05, 4.69) is 16.9 Å². The van der Waals surface area contributed by atoms with Crippen molar-refractivity contribution in [2.24, 2.45) is 5.41 Å². The normalized spacial score (nSPS) is 27.0. The van der Waals surface area contributed by atoms with Gasteiger partial charge in [0, 0.05) is 31.2 Å². The van der Waals surface area contributed by atoms with E-state index in [1.54, 1.807) is 12.3 Å². The Morgan fingerprint density at radius 1 is 1.29 bits per heavy atom. The summed E-state index contributed by atoms with van der Waals surface area (Å²) in [4.78, 5) is 20.8. The number of carbonyl (C=O) groups excluding carboxylic acids is 1. The van der Waals surface area contributed by atoms with Crippen LogP contribution in [0.4, 0.5) is 0 Å². The number of nitrogens with zero attached hydrogens (tertiary/aromatic N) is 3. The van der Waals surface area contributed by atoms with Gasteiger partial charge in [0.05, 0.1) is 11.8 Å². The number of hydrogen-bond donors (Lipinski definition) is 1. The molecule has 1 amide bonds. The molecule has 0 bridgehead atoms. The highest BCUT2D eigenvalue weighted by molar-refractivity contribution is 5.96. The Bertz CT molecular complexity index is 530. The van der Waals surface area contributed by atoms with E-state index in [0.29, 0.717) is 5.56 Å². The van der Waals surface area contributed by atoms with Crippen molar-refractivity contribution in [3.05, 3.63) is 24.0 Å². The van der Waals surface area contributed by atoms with E-state index in [1.165, 1.54) is 25.5 Å². The van der Waals surface area contributed by atoms with E-state index in [1.807, 2.05) is 4.90 Å². The minimum atomic E-state index is -0.0674. The second-order valence-electron chi connectivity index (χ2n) is 6.56. The molecule has 2 saturated heterocycles. The number of piperidine rings is 2. The zero-order valence-corrected chi connectivity index (χ0v) is 12.6. The van der Waals surface area contributed by atoms with Crippen molar-refractivity contribution >= 4 is 5.91 Å². The minimum absolute atomic E-state index is 0.0251. The number of pyridine rings is 1. The van der Waals surface area contributed by atoms with Crippen molar-refractivity contribution in [1.29, 1.82) is 0 Å². The van der Waals surface area contributed by atoms with Crippen molar-refractivity contribution < 1.29 is 9.90 Å². The van der Waals surface area contributed by atoms with Gasteiger partial charge in [-0.25, -0.2) is 0 Å². The summed E-state index contributed by atoms with van der Waals surface area (Å²) in [7, 11) is 2.16. The highest BCUT2D eigenvalue weighted by Gasteiger charge is 2.39. The largest absolute Gasteiger partial charge is 0.505 e. The molecule has 1 atom stereocenters. The molecule has 1 aromatic rings. The highest BCUT2D eigenvalue weighted by atomic mass is 16.3. The number of rotatable bonds is 1. The molecule has 0 unspecified atom stereocenters. The van der Waals surface area contributed by atoms with Crippen molar-refractivity contribution in [2.75, 3.05) is 33.2 Å². The Labute approximate surface area is 125 Å². The number of likely N-dealkylation sites (tertiary alicyclic amines) is 2. The predicted molar refractivity (Wildman–Crippen MR) is 80.2 cm³/mol. The van der Waals surface area contributed by atoms with Gasteiger partial charge in [-0.1, -0.05) is 0 Å². The van der Waals surface area contributed by atoms with Gasteiger partial charge in [-0.05, 0) is 45.3 Å². The van der Waals surface area contributed by atoms with Crippen molar-refractivity contribution in [3.8, 4) is 5.75 Å². The van der Waals surface area contributed by atoms with Crippen molar-refractivity contribution in [2.45, 2.75) is 25.7 Å². The maximum atomic E-state index is 12.7. The summed E-state index contributed by atoms with van der Waals surface area (Å²) in [6.45, 7) is 3.81. The Hall–Kier alpha value is -1.62. The summed E-state index contributed by atoms with van der Waals surface area (Å²) in [5, 5.41) is 9.84. The van der Waals surface area contributed by atoms with Gasteiger partial charge in [-0.15, -0.1) is 0 Å². The molecule has 3 heterocycles. The van der Waals surface area contributed by atoms with Gasteiger partial charge >= 0.3 is 0 Å². The average molecular weight is 289 g/mol. The topological polar surface area (TPSA) is 56.7 Å². The SMILES string of the molecule is CN1CCC[C@]2(CCCN(C(=O)c3ccncc3O)C2)C1. The molecule has 0 aromatic carbocycles. The number of aromatic hydroxyl groups is 1. The molecule has 5 heteroatoms. The van der Waals surface area contributed by atoms with E-state index in [0.717, 1.165) is 32.6 Å². The summed E-state index contributed by atoms with van der Waals surface area (Å²) < 4.78 is 0. The smallest absolute Gasteiger partial charge is 0.257 e. The Morgan fingerprint density at radius 3 is 2.76 bits per heavy atom. The molecule has 21 heavy (non-hydrogen) atoms. The van der Waals surface area contributed by atoms with Gasteiger partial charge in [-0.3, -0.25) is 9.78 Å². The number of amides is 1. The molecule has 0 saturated carbocycles. The van der Waals surface area contributed by atoms with Crippen LogP contribution >= 0.6 is 0 Å². The molecule has 1 aromatic heterocycles. The Morgan fingerprint density at radius 2 is 2.05 bits per heavy atom. The second kappa shape index (κ2) is 5.64. The lowest BCUT2D eigenvalue weighted by Crippen LogP contribution is -2.52. The zero-order valence-electron chi connectivity index (χ0n) is 12.6. The summed E-state index contributed by atoms with van der Waals surface area (Å²) in [5.74, 6) is -0.0925. The van der Waals surface area contributed by atoms with E-state index in [9.17, 15) is 9.90 Å². The minimum Gasteiger partial charge on any atom is -0.505 e. The van der Waals surface area contributed by atoms with E-state index >= 15 is 0 Å². The lowest BCUT2D eigenvalue weighted by molar-refractivity contribution is 0.0205. The van der Waals surface area contributed by atoms with Gasteiger partial charge < -0.3 is 14.9 Å². The summed E-state index contributed by atoms with van der Waals surface area (Å²) in [6.07, 6.45) is 7.54. The molecular weight excluding hydrogens is 266 g/mol. The molecule has 2 aliphatic heterocycles. The fourth-order valence-corrected chi connectivity index (χ4v) is 3.91. The molecular formula is C16H23N3O2. The fraction of sp³-hybridized carbons (Fsp3) is 0.625. The van der Waals surface area contributed by atoms with Gasteiger partial charge in [0.2, 0.25) is 0 Å². The first-order valence-corrected chi connectivity index (χ1v) is 7.70. The van der Waals surface area contributed by atoms with E-state index in [4.69, 9.17) is 0 Å². The molecule has 3 rings (SSSR count). The van der Waals surface area contributed by atoms with Crippen LogP contribution in [0.5, 0.6) is 5.75 Å². The van der Waals surface area contributed by atoms with Crippen LogP contribution in [0.25, 0.3) is 0 Å². The predicted octanol–water partition coefficient (Wildman–Crippen LogP) is 1.74. The number of hydrogen-bond acceptors (Lipinski definition) is 4. The maximum absolute atomic E-state index is 12.7. The van der Waals surface area contributed by atoms with Crippen LogP contribution in [0.15, 0.2) is 18.5 Å². The van der Waals surface area contributed by atoms with Crippen LogP contribution < -0.4 is 0 Å². The molecule has 2 aliphatic rings. The van der Waals surface area contributed by atoms with Gasteiger partial charge in [0.15, 0.2) is 0 Å². The molecule has 1 spiro atoms. The quantitative estimate of drug-likeness (QED) is 0.855. The van der Waals surface area contributed by atoms with Crippen LogP contribution in [0.1, 0.15) is 36.0 Å². The molecule has 1 N–H and O–H groups in total. The average Bonchev–Trinajstić information content (AvgIpc) is 2.47. The molecule has 5 nitrogen and oxygen atoms in total. The zero-order chi connectivity index (χ0) is 14.9. The molecule has 2 fully saturated rings. The van der Waals surface area contributed by atoms with E-state index < -0.39 is 0 Å². The maximum Gasteiger partial charge on any atom is 0.257 e. The first-order valence-electron chi connectivity index (χ1n) is 7.70. The summed E-state index contributed by atoms with van der Waals surface area (Å²) in [5.41, 5.74) is 0.607. The molecule has 114 valence electrons. The van der Waals surface area contributed by atoms with Crippen LogP contribution in [0, 0.1) is 5.41 Å². The first kappa shape index (κ1) is 14.3. The summed E-state index contributed by atoms with van der Waals surface area (Å²) in [6, 6.07) is 1.60. The fourth-order valence-electron chi connectivity index (χ4n) is 3.91. The first-order chi connectivity index (χ1) is 10.1. The third-order valence-electron chi connectivity index (χ3n) is 4.83. The Kier molecular flexibility index (Phi) is 3.85. The van der Waals surface area contributed by atoms with Crippen LogP contribution in [-0.4, -0.2) is 59.0 Å². The monoisotopic (exact) mass is 289 g/mol. The molecule has 0 aliphatic carbocycles. The summed E-state index contributed by atoms with van der Waals surface area (Å²) >= 11 is 0. The molecule has 0 radical (unpaired) electrons. The van der Waals surface area contributed by atoms with E-state index in [-0.39, 0.29) is 17.1 Å². The lowest BCUT2D eigenvalue weighted by Gasteiger charge is -2.47. The second-order valence-corrected chi connectivity index (χ2v) is 6.56. The van der Waals surface area contributed by atoms with Crippen LogP contribution in [0.2, 0.25) is 0 Å². The third-order valence-corrected chi connectivity index (χ3v) is 4.83. The van der Waals surface area contributed by atoms with Gasteiger partial charge in [0.1, 0.15) is 5.75 Å².